The van der Waals surface area contributed by atoms with Crippen LogP contribution in [0.4, 0.5) is 0 Å². The van der Waals surface area contributed by atoms with Gasteiger partial charge in [-0.1, -0.05) is 30.3 Å². The Morgan fingerprint density at radius 3 is 2.48 bits per heavy atom. The van der Waals surface area contributed by atoms with Crippen LogP contribution in [0.1, 0.15) is 18.5 Å². The average Bonchev–Trinajstić information content (AvgIpc) is 2.46. The Morgan fingerprint density at radius 1 is 1.29 bits per heavy atom. The zero-order valence-corrected chi connectivity index (χ0v) is 13.3. The van der Waals surface area contributed by atoms with Crippen LogP contribution in [0.15, 0.2) is 30.3 Å². The van der Waals surface area contributed by atoms with Crippen molar-refractivity contribution in [1.82, 2.24) is 9.80 Å². The molecule has 0 aliphatic rings. The molecule has 2 atom stereocenters. The van der Waals surface area contributed by atoms with Gasteiger partial charge in [0.05, 0.1) is 25.3 Å². The van der Waals surface area contributed by atoms with E-state index in [1.165, 1.54) is 0 Å². The van der Waals surface area contributed by atoms with Gasteiger partial charge >= 0.3 is 0 Å². The minimum atomic E-state index is -0.579. The van der Waals surface area contributed by atoms with Gasteiger partial charge in [0.15, 0.2) is 0 Å². The Hall–Kier alpha value is -1.43. The molecule has 1 aromatic rings. The van der Waals surface area contributed by atoms with E-state index in [-0.39, 0.29) is 25.1 Å². The van der Waals surface area contributed by atoms with Crippen LogP contribution in [0.5, 0.6) is 0 Å². The molecule has 0 heterocycles. The third-order valence-corrected chi connectivity index (χ3v) is 3.54. The van der Waals surface area contributed by atoms with E-state index < -0.39 is 6.10 Å². The number of likely N-dealkylation sites (N-methyl/N-ethyl adjacent to an activating group) is 2. The number of methoxy groups -OCH3 is 1. The average molecular weight is 294 g/mol. The fraction of sp³-hybridized carbons (Fsp3) is 0.562. The maximum Gasteiger partial charge on any atom is 0.236 e. The first-order valence-corrected chi connectivity index (χ1v) is 7.11. The van der Waals surface area contributed by atoms with E-state index in [1.807, 2.05) is 44.3 Å². The Kier molecular flexibility index (Phi) is 7.36. The van der Waals surface area contributed by atoms with Gasteiger partial charge in [0.25, 0.3) is 0 Å². The van der Waals surface area contributed by atoms with Crippen LogP contribution in [0.2, 0.25) is 0 Å². The van der Waals surface area contributed by atoms with Crippen LogP contribution in [-0.2, 0) is 9.53 Å². The molecule has 0 aromatic heterocycles. The van der Waals surface area contributed by atoms with E-state index >= 15 is 0 Å². The first-order valence-electron chi connectivity index (χ1n) is 7.11. The number of hydrogen-bond acceptors (Lipinski definition) is 4. The number of nitrogens with zero attached hydrogens (tertiary/aromatic N) is 2. The maximum atomic E-state index is 12.3. The van der Waals surface area contributed by atoms with Gasteiger partial charge in [-0.3, -0.25) is 9.69 Å². The smallest absolute Gasteiger partial charge is 0.236 e. The maximum absolute atomic E-state index is 12.3. The predicted octanol–water partition coefficient (Wildman–Crippen LogP) is 1.15. The van der Waals surface area contributed by atoms with Crippen LogP contribution < -0.4 is 0 Å². The van der Waals surface area contributed by atoms with Crippen molar-refractivity contribution in [3.63, 3.8) is 0 Å². The molecule has 0 bridgehead atoms. The highest BCUT2D eigenvalue weighted by molar-refractivity contribution is 5.78. The molecule has 1 N–H and O–H groups in total. The van der Waals surface area contributed by atoms with Crippen molar-refractivity contribution in [2.24, 2.45) is 0 Å². The topological polar surface area (TPSA) is 53.0 Å². The SMILES string of the molecule is COCC(O)CN(C)CC(=O)N(C)C(C)c1ccccc1. The monoisotopic (exact) mass is 294 g/mol. The molecule has 5 nitrogen and oxygen atoms in total. The van der Waals surface area contributed by atoms with E-state index in [9.17, 15) is 9.90 Å². The summed E-state index contributed by atoms with van der Waals surface area (Å²) in [6.07, 6.45) is -0.579. The number of aliphatic hydroxyl groups is 1. The van der Waals surface area contributed by atoms with Crippen molar-refractivity contribution in [3.8, 4) is 0 Å². The molecule has 0 radical (unpaired) electrons. The van der Waals surface area contributed by atoms with E-state index in [0.717, 1.165) is 5.56 Å². The Balaban J connectivity index is 2.50. The Morgan fingerprint density at radius 2 is 1.90 bits per heavy atom. The van der Waals surface area contributed by atoms with Crippen molar-refractivity contribution in [3.05, 3.63) is 35.9 Å². The van der Waals surface area contributed by atoms with Gasteiger partial charge in [0, 0.05) is 20.7 Å². The lowest BCUT2D eigenvalue weighted by atomic mass is 10.1. The largest absolute Gasteiger partial charge is 0.389 e. The number of rotatable bonds is 8. The molecule has 1 rings (SSSR count). The van der Waals surface area contributed by atoms with E-state index in [0.29, 0.717) is 6.54 Å². The molecule has 0 aliphatic heterocycles. The quantitative estimate of drug-likeness (QED) is 0.781. The fourth-order valence-corrected chi connectivity index (χ4v) is 2.18. The number of ether oxygens (including phenoxy) is 1. The van der Waals surface area contributed by atoms with Crippen molar-refractivity contribution in [2.75, 3.05) is 40.9 Å². The lowest BCUT2D eigenvalue weighted by Crippen LogP contribution is -2.41. The first kappa shape index (κ1) is 17.6. The molecule has 2 unspecified atom stereocenters. The van der Waals surface area contributed by atoms with E-state index in [2.05, 4.69) is 0 Å². The number of aliphatic hydroxyl groups excluding tert-OH is 1. The predicted molar refractivity (Wildman–Crippen MR) is 83.0 cm³/mol. The summed E-state index contributed by atoms with van der Waals surface area (Å²) in [5.74, 6) is 0.0264. The van der Waals surface area contributed by atoms with Crippen LogP contribution in [-0.4, -0.2) is 67.8 Å². The third-order valence-electron chi connectivity index (χ3n) is 3.54. The molecule has 0 saturated carbocycles. The molecule has 0 saturated heterocycles. The van der Waals surface area contributed by atoms with Crippen LogP contribution in [0.3, 0.4) is 0 Å². The summed E-state index contributed by atoms with van der Waals surface area (Å²) < 4.78 is 4.88. The van der Waals surface area contributed by atoms with Gasteiger partial charge in [-0.05, 0) is 19.5 Å². The highest BCUT2D eigenvalue weighted by atomic mass is 16.5. The third kappa shape index (κ3) is 5.83. The van der Waals surface area contributed by atoms with Gasteiger partial charge in [0.2, 0.25) is 5.91 Å². The first-order chi connectivity index (χ1) is 9.95. The summed E-state index contributed by atoms with van der Waals surface area (Å²) in [7, 11) is 5.17. The van der Waals surface area contributed by atoms with E-state index in [4.69, 9.17) is 4.74 Å². The van der Waals surface area contributed by atoms with Gasteiger partial charge < -0.3 is 14.7 Å². The standard InChI is InChI=1S/C16H26N2O3/c1-13(14-8-6-5-7-9-14)18(3)16(20)11-17(2)10-15(19)12-21-4/h5-9,13,15,19H,10-12H2,1-4H3. The van der Waals surface area contributed by atoms with Crippen molar-refractivity contribution >= 4 is 5.91 Å². The highest BCUT2D eigenvalue weighted by Crippen LogP contribution is 2.18. The molecule has 21 heavy (non-hydrogen) atoms. The number of amides is 1. The Bertz CT molecular complexity index is 425. The zero-order valence-electron chi connectivity index (χ0n) is 13.3. The molecule has 1 aromatic carbocycles. The molecule has 0 spiro atoms. The summed E-state index contributed by atoms with van der Waals surface area (Å²) in [5, 5.41) is 9.67. The fourth-order valence-electron chi connectivity index (χ4n) is 2.18. The molecule has 0 fully saturated rings. The Labute approximate surface area is 127 Å². The molecule has 0 aliphatic carbocycles. The zero-order chi connectivity index (χ0) is 15.8. The van der Waals surface area contributed by atoms with Crippen LogP contribution in [0, 0.1) is 0 Å². The second-order valence-electron chi connectivity index (χ2n) is 5.40. The molecule has 118 valence electrons. The van der Waals surface area contributed by atoms with Crippen LogP contribution in [0.25, 0.3) is 0 Å². The summed E-state index contributed by atoms with van der Waals surface area (Å²) in [6.45, 7) is 2.96. The number of carbonyl (C=O) groups excluding carboxylic acids is 1. The second-order valence-corrected chi connectivity index (χ2v) is 5.40. The van der Waals surface area contributed by atoms with Gasteiger partial charge in [-0.2, -0.15) is 0 Å². The summed E-state index contributed by atoms with van der Waals surface area (Å²) >= 11 is 0. The highest BCUT2D eigenvalue weighted by Gasteiger charge is 2.19. The molecule has 5 heteroatoms. The summed E-state index contributed by atoms with van der Waals surface area (Å²) in [4.78, 5) is 15.8. The van der Waals surface area contributed by atoms with Crippen molar-refractivity contribution < 1.29 is 14.6 Å². The summed E-state index contributed by atoms with van der Waals surface area (Å²) in [5.41, 5.74) is 1.11. The normalized spacial score (nSPS) is 14.0. The molecule has 1 amide bonds. The van der Waals surface area contributed by atoms with Crippen LogP contribution >= 0.6 is 0 Å². The lowest BCUT2D eigenvalue weighted by Gasteiger charge is -2.28. The number of hydrogen-bond donors (Lipinski definition) is 1. The lowest BCUT2D eigenvalue weighted by molar-refractivity contribution is -0.133. The molecular weight excluding hydrogens is 268 g/mol. The van der Waals surface area contributed by atoms with Crippen molar-refractivity contribution in [1.29, 1.82) is 0 Å². The second kappa shape index (κ2) is 8.77. The number of carbonyl (C=O) groups is 1. The summed E-state index contributed by atoms with van der Waals surface area (Å²) in [6, 6.07) is 9.95. The minimum absolute atomic E-state index is 0.0241. The number of benzene rings is 1. The minimum Gasteiger partial charge on any atom is -0.389 e. The van der Waals surface area contributed by atoms with Gasteiger partial charge in [0.1, 0.15) is 0 Å². The van der Waals surface area contributed by atoms with Gasteiger partial charge in [-0.15, -0.1) is 0 Å². The van der Waals surface area contributed by atoms with E-state index in [1.54, 1.807) is 24.0 Å². The van der Waals surface area contributed by atoms with Crippen molar-refractivity contribution in [2.45, 2.75) is 19.1 Å². The molecular formula is C16H26N2O3. The van der Waals surface area contributed by atoms with Gasteiger partial charge in [-0.25, -0.2) is 0 Å².